The summed E-state index contributed by atoms with van der Waals surface area (Å²) >= 11 is 0. The highest BCUT2D eigenvalue weighted by Crippen LogP contribution is 2.13. The van der Waals surface area contributed by atoms with Crippen LogP contribution >= 0.6 is 0 Å². The van der Waals surface area contributed by atoms with Crippen LogP contribution < -0.4 is 5.32 Å². The van der Waals surface area contributed by atoms with Crippen molar-refractivity contribution >= 4 is 11.6 Å². The predicted molar refractivity (Wildman–Crippen MR) is 97.5 cm³/mol. The minimum Gasteiger partial charge on any atom is -0.376 e. The van der Waals surface area contributed by atoms with Gasteiger partial charge in [0.05, 0.1) is 12.2 Å². The van der Waals surface area contributed by atoms with Crippen LogP contribution in [0.25, 0.3) is 5.69 Å². The number of hydrogen-bond donors (Lipinski definition) is 1. The molecule has 0 aliphatic carbocycles. The van der Waals surface area contributed by atoms with E-state index in [1.54, 1.807) is 15.9 Å². The third-order valence-electron chi connectivity index (χ3n) is 4.09. The van der Waals surface area contributed by atoms with Crippen molar-refractivity contribution in [1.82, 2.24) is 19.7 Å². The Balaban J connectivity index is 1.54. The smallest absolute Gasteiger partial charge is 0.241 e. The zero-order valence-corrected chi connectivity index (χ0v) is 14.4. The molecule has 0 saturated heterocycles. The van der Waals surface area contributed by atoms with Gasteiger partial charge in [-0.05, 0) is 42.3 Å². The first-order valence-electron chi connectivity index (χ1n) is 8.11. The van der Waals surface area contributed by atoms with E-state index in [0.29, 0.717) is 6.54 Å². The molecule has 0 fully saturated rings. The van der Waals surface area contributed by atoms with Crippen LogP contribution in [0.3, 0.4) is 0 Å². The number of anilines is 1. The number of benzene rings is 2. The summed E-state index contributed by atoms with van der Waals surface area (Å²) in [5.41, 5.74) is 4.17. The number of nitrogens with one attached hydrogen (secondary N) is 1. The Bertz CT molecular complexity index is 827. The van der Waals surface area contributed by atoms with Gasteiger partial charge in [0.15, 0.2) is 0 Å². The van der Waals surface area contributed by atoms with Crippen molar-refractivity contribution in [2.45, 2.75) is 13.5 Å². The molecule has 0 radical (unpaired) electrons. The van der Waals surface area contributed by atoms with Crippen LogP contribution in [0.1, 0.15) is 11.1 Å². The van der Waals surface area contributed by atoms with E-state index < -0.39 is 0 Å². The zero-order chi connectivity index (χ0) is 17.6. The summed E-state index contributed by atoms with van der Waals surface area (Å²) in [5, 5.41) is 7.25. The van der Waals surface area contributed by atoms with Crippen molar-refractivity contribution in [3.05, 3.63) is 72.3 Å². The van der Waals surface area contributed by atoms with Gasteiger partial charge in [0.1, 0.15) is 12.7 Å². The molecule has 0 saturated carbocycles. The Labute approximate surface area is 147 Å². The van der Waals surface area contributed by atoms with Gasteiger partial charge in [0.2, 0.25) is 5.91 Å². The normalized spacial score (nSPS) is 10.5. The van der Waals surface area contributed by atoms with Gasteiger partial charge in [0, 0.05) is 19.3 Å². The number of nitrogens with zero attached hydrogens (tertiary/aromatic N) is 4. The van der Waals surface area contributed by atoms with E-state index >= 15 is 0 Å². The fourth-order valence-corrected chi connectivity index (χ4v) is 2.52. The standard InChI is InChI=1S/C19H21N5O/c1-15-5-3-4-6-16(15)12-23(2)19(25)11-21-17-7-9-18(10-8-17)24-14-20-13-22-24/h3-10,13-14,21H,11-12H2,1-2H3. The van der Waals surface area contributed by atoms with Crippen LogP contribution in [-0.4, -0.2) is 39.2 Å². The Hall–Kier alpha value is -3.15. The summed E-state index contributed by atoms with van der Waals surface area (Å²) in [5.74, 6) is 0.0450. The number of carbonyl (C=O) groups is 1. The average Bonchev–Trinajstić information content (AvgIpc) is 3.16. The van der Waals surface area contributed by atoms with E-state index in [9.17, 15) is 4.79 Å². The third-order valence-corrected chi connectivity index (χ3v) is 4.09. The molecule has 6 heteroatoms. The first-order valence-corrected chi connectivity index (χ1v) is 8.11. The number of carbonyl (C=O) groups excluding carboxylic acids is 1. The molecule has 0 spiro atoms. The maximum absolute atomic E-state index is 12.3. The number of hydrogen-bond acceptors (Lipinski definition) is 4. The third kappa shape index (κ3) is 4.23. The van der Waals surface area contributed by atoms with Gasteiger partial charge >= 0.3 is 0 Å². The number of aromatic nitrogens is 3. The van der Waals surface area contributed by atoms with E-state index in [-0.39, 0.29) is 12.5 Å². The quantitative estimate of drug-likeness (QED) is 0.752. The SMILES string of the molecule is Cc1ccccc1CN(C)C(=O)CNc1ccc(-n2cncn2)cc1. The minimum atomic E-state index is 0.0450. The van der Waals surface area contributed by atoms with Gasteiger partial charge in [-0.2, -0.15) is 5.10 Å². The maximum atomic E-state index is 12.3. The number of amides is 1. The van der Waals surface area contributed by atoms with Crippen molar-refractivity contribution in [3.8, 4) is 5.69 Å². The summed E-state index contributed by atoms with van der Waals surface area (Å²) in [6, 6.07) is 15.8. The zero-order valence-electron chi connectivity index (χ0n) is 14.4. The first-order chi connectivity index (χ1) is 12.1. The molecule has 0 aliphatic heterocycles. The predicted octanol–water partition coefficient (Wildman–Crippen LogP) is 2.65. The minimum absolute atomic E-state index is 0.0450. The Morgan fingerprint density at radius 1 is 1.16 bits per heavy atom. The fourth-order valence-electron chi connectivity index (χ4n) is 2.52. The van der Waals surface area contributed by atoms with Gasteiger partial charge in [-0.15, -0.1) is 0 Å². The molecule has 128 valence electrons. The highest BCUT2D eigenvalue weighted by molar-refractivity contribution is 5.80. The molecule has 0 atom stereocenters. The van der Waals surface area contributed by atoms with E-state index in [0.717, 1.165) is 16.9 Å². The van der Waals surface area contributed by atoms with Crippen LogP contribution in [0.2, 0.25) is 0 Å². The van der Waals surface area contributed by atoms with Crippen LogP contribution in [-0.2, 0) is 11.3 Å². The lowest BCUT2D eigenvalue weighted by atomic mass is 10.1. The van der Waals surface area contributed by atoms with Crippen molar-refractivity contribution in [3.63, 3.8) is 0 Å². The Kier molecular flexibility index (Phi) is 5.09. The van der Waals surface area contributed by atoms with Crippen LogP contribution in [0.4, 0.5) is 5.69 Å². The molecule has 1 heterocycles. The Morgan fingerprint density at radius 3 is 2.60 bits per heavy atom. The second kappa shape index (κ2) is 7.61. The van der Waals surface area contributed by atoms with E-state index in [1.165, 1.54) is 11.9 Å². The topological polar surface area (TPSA) is 63.1 Å². The van der Waals surface area contributed by atoms with Gasteiger partial charge in [-0.3, -0.25) is 4.79 Å². The second-order valence-electron chi connectivity index (χ2n) is 5.92. The highest BCUT2D eigenvalue weighted by Gasteiger charge is 2.10. The molecule has 0 bridgehead atoms. The van der Waals surface area contributed by atoms with Crippen LogP contribution in [0.5, 0.6) is 0 Å². The maximum Gasteiger partial charge on any atom is 0.241 e. The van der Waals surface area contributed by atoms with Crippen LogP contribution in [0, 0.1) is 6.92 Å². The molecule has 0 unspecified atom stereocenters. The fraction of sp³-hybridized carbons (Fsp3) is 0.211. The monoisotopic (exact) mass is 335 g/mol. The highest BCUT2D eigenvalue weighted by atomic mass is 16.2. The second-order valence-corrected chi connectivity index (χ2v) is 5.92. The van der Waals surface area contributed by atoms with Gasteiger partial charge in [0.25, 0.3) is 0 Å². The largest absolute Gasteiger partial charge is 0.376 e. The first kappa shape index (κ1) is 16.7. The van der Waals surface area contributed by atoms with Crippen molar-refractivity contribution in [2.24, 2.45) is 0 Å². The summed E-state index contributed by atoms with van der Waals surface area (Å²) in [6.45, 7) is 2.92. The molecule has 1 N–H and O–H groups in total. The molecular weight excluding hydrogens is 314 g/mol. The average molecular weight is 335 g/mol. The summed E-state index contributed by atoms with van der Waals surface area (Å²) in [4.78, 5) is 18.0. The molecule has 3 rings (SSSR count). The summed E-state index contributed by atoms with van der Waals surface area (Å²) < 4.78 is 1.69. The molecule has 6 nitrogen and oxygen atoms in total. The molecule has 0 aliphatic rings. The molecular formula is C19H21N5O. The van der Waals surface area contributed by atoms with Gasteiger partial charge in [-0.25, -0.2) is 9.67 Å². The van der Waals surface area contributed by atoms with Gasteiger partial charge < -0.3 is 10.2 Å². The lowest BCUT2D eigenvalue weighted by molar-refractivity contribution is -0.128. The van der Waals surface area contributed by atoms with Crippen molar-refractivity contribution in [2.75, 3.05) is 18.9 Å². The molecule has 2 aromatic carbocycles. The van der Waals surface area contributed by atoms with E-state index in [1.807, 2.05) is 43.4 Å². The van der Waals surface area contributed by atoms with Crippen molar-refractivity contribution < 1.29 is 4.79 Å². The summed E-state index contributed by atoms with van der Waals surface area (Å²) in [7, 11) is 1.82. The number of rotatable bonds is 6. The molecule has 1 amide bonds. The number of likely N-dealkylation sites (N-methyl/N-ethyl adjacent to an activating group) is 1. The van der Waals surface area contributed by atoms with Gasteiger partial charge in [-0.1, -0.05) is 24.3 Å². The molecule has 1 aromatic heterocycles. The summed E-state index contributed by atoms with van der Waals surface area (Å²) in [6.07, 6.45) is 3.14. The van der Waals surface area contributed by atoms with Crippen LogP contribution in [0.15, 0.2) is 61.2 Å². The van der Waals surface area contributed by atoms with E-state index in [2.05, 4.69) is 34.5 Å². The number of aryl methyl sites for hydroxylation is 1. The lowest BCUT2D eigenvalue weighted by Crippen LogP contribution is -2.31. The van der Waals surface area contributed by atoms with E-state index in [4.69, 9.17) is 0 Å². The molecule has 3 aromatic rings. The van der Waals surface area contributed by atoms with Crippen molar-refractivity contribution in [1.29, 1.82) is 0 Å². The molecule has 25 heavy (non-hydrogen) atoms. The lowest BCUT2D eigenvalue weighted by Gasteiger charge is -2.19. The Morgan fingerprint density at radius 2 is 1.92 bits per heavy atom.